The molecule has 1 aliphatic heterocycles. The van der Waals surface area contributed by atoms with Gasteiger partial charge in [-0.1, -0.05) is 18.2 Å². The summed E-state index contributed by atoms with van der Waals surface area (Å²) in [6.07, 6.45) is 2.82. The zero-order chi connectivity index (χ0) is 13.4. The lowest BCUT2D eigenvalue weighted by atomic mass is 10.1. The Morgan fingerprint density at radius 3 is 2.95 bits per heavy atom. The Morgan fingerprint density at radius 2 is 2.16 bits per heavy atom. The Morgan fingerprint density at radius 1 is 1.37 bits per heavy atom. The number of carbonyl (C=O) groups is 1. The number of amides is 1. The highest BCUT2D eigenvalue weighted by Crippen LogP contribution is 2.26. The third kappa shape index (κ3) is 2.50. The number of carbonyl (C=O) groups excluding carboxylic acids is 1. The van der Waals surface area contributed by atoms with Crippen molar-refractivity contribution in [1.82, 2.24) is 4.90 Å². The molecule has 0 radical (unpaired) electrons. The maximum absolute atomic E-state index is 13.5. The number of fused-ring (bicyclic) bond motifs is 1. The molecule has 0 unspecified atom stereocenters. The maximum Gasteiger partial charge on any atom is 0.234 e. The lowest BCUT2D eigenvalue weighted by Gasteiger charge is -2.21. The average molecular weight is 262 g/mol. The lowest BCUT2D eigenvalue weighted by molar-refractivity contribution is -0.122. The number of rotatable bonds is 3. The van der Waals surface area contributed by atoms with Crippen LogP contribution in [-0.2, 0) is 24.2 Å². The van der Waals surface area contributed by atoms with Crippen LogP contribution in [0.15, 0.2) is 18.2 Å². The summed E-state index contributed by atoms with van der Waals surface area (Å²) in [5.74, 6) is -0.415. The summed E-state index contributed by atoms with van der Waals surface area (Å²) in [4.78, 5) is 13.2. The van der Waals surface area contributed by atoms with Crippen molar-refractivity contribution in [1.29, 1.82) is 0 Å². The summed E-state index contributed by atoms with van der Waals surface area (Å²) < 4.78 is 13.5. The Balaban J connectivity index is 1.75. The predicted molar refractivity (Wildman–Crippen MR) is 71.4 cm³/mol. The molecule has 1 aliphatic carbocycles. The first kappa shape index (κ1) is 12.6. The molecular formula is C15H19FN2O. The van der Waals surface area contributed by atoms with E-state index >= 15 is 0 Å². The molecule has 1 aromatic rings. The second kappa shape index (κ2) is 4.93. The first-order chi connectivity index (χ1) is 9.13. The zero-order valence-electron chi connectivity index (χ0n) is 10.9. The summed E-state index contributed by atoms with van der Waals surface area (Å²) in [6.45, 7) is 0.923. The van der Waals surface area contributed by atoms with Crippen LogP contribution in [0.25, 0.3) is 0 Å². The van der Waals surface area contributed by atoms with Crippen LogP contribution in [0.5, 0.6) is 0 Å². The summed E-state index contributed by atoms with van der Waals surface area (Å²) >= 11 is 0. The van der Waals surface area contributed by atoms with E-state index < -0.39 is 18.1 Å². The first-order valence-corrected chi connectivity index (χ1v) is 6.91. The van der Waals surface area contributed by atoms with Gasteiger partial charge in [0.15, 0.2) is 0 Å². The fourth-order valence-electron chi connectivity index (χ4n) is 3.28. The van der Waals surface area contributed by atoms with Gasteiger partial charge in [-0.25, -0.2) is 4.39 Å². The van der Waals surface area contributed by atoms with Crippen molar-refractivity contribution in [2.45, 2.75) is 44.4 Å². The molecule has 1 heterocycles. The normalized spacial score (nSPS) is 26.6. The molecule has 2 atom stereocenters. The van der Waals surface area contributed by atoms with Crippen molar-refractivity contribution in [2.24, 2.45) is 5.73 Å². The summed E-state index contributed by atoms with van der Waals surface area (Å²) in [5, 5.41) is 0. The third-order valence-electron chi connectivity index (χ3n) is 4.23. The van der Waals surface area contributed by atoms with Crippen LogP contribution >= 0.6 is 0 Å². The van der Waals surface area contributed by atoms with Crippen LogP contribution < -0.4 is 5.73 Å². The number of alkyl halides is 1. The van der Waals surface area contributed by atoms with Gasteiger partial charge in [0.2, 0.25) is 5.91 Å². The minimum Gasteiger partial charge on any atom is -0.368 e. The van der Waals surface area contributed by atoms with Crippen molar-refractivity contribution in [3.8, 4) is 0 Å². The number of hydrogen-bond donors (Lipinski definition) is 1. The molecule has 0 spiro atoms. The number of benzene rings is 1. The molecule has 19 heavy (non-hydrogen) atoms. The zero-order valence-corrected chi connectivity index (χ0v) is 10.9. The van der Waals surface area contributed by atoms with E-state index in [2.05, 4.69) is 18.2 Å². The van der Waals surface area contributed by atoms with Gasteiger partial charge in [0.25, 0.3) is 0 Å². The van der Waals surface area contributed by atoms with Gasteiger partial charge in [-0.15, -0.1) is 0 Å². The molecule has 1 saturated heterocycles. The van der Waals surface area contributed by atoms with Crippen molar-refractivity contribution >= 4 is 5.91 Å². The van der Waals surface area contributed by atoms with E-state index in [0.29, 0.717) is 13.1 Å². The van der Waals surface area contributed by atoms with Crippen LogP contribution in [0.3, 0.4) is 0 Å². The number of likely N-dealkylation sites (tertiary alicyclic amines) is 1. The molecule has 102 valence electrons. The minimum absolute atomic E-state index is 0.236. The van der Waals surface area contributed by atoms with Crippen LogP contribution in [0, 0.1) is 0 Å². The fourth-order valence-corrected chi connectivity index (χ4v) is 3.28. The molecule has 1 amide bonds. The molecule has 0 bridgehead atoms. The summed E-state index contributed by atoms with van der Waals surface area (Å²) in [5.41, 5.74) is 9.34. The van der Waals surface area contributed by atoms with Gasteiger partial charge in [-0.2, -0.15) is 0 Å². The third-order valence-corrected chi connectivity index (χ3v) is 4.23. The van der Waals surface area contributed by atoms with Crippen molar-refractivity contribution < 1.29 is 9.18 Å². The number of aryl methyl sites for hydroxylation is 2. The van der Waals surface area contributed by atoms with Gasteiger partial charge in [0, 0.05) is 19.5 Å². The summed E-state index contributed by atoms with van der Waals surface area (Å²) in [6, 6.07) is 6.00. The Hall–Kier alpha value is -1.42. The maximum atomic E-state index is 13.5. The number of nitrogens with zero attached hydrogens (tertiary/aromatic N) is 1. The van der Waals surface area contributed by atoms with E-state index in [9.17, 15) is 9.18 Å². The van der Waals surface area contributed by atoms with Crippen LogP contribution in [0.1, 0.15) is 29.5 Å². The van der Waals surface area contributed by atoms with Crippen molar-refractivity contribution in [3.63, 3.8) is 0 Å². The molecule has 3 rings (SSSR count). The van der Waals surface area contributed by atoms with Crippen LogP contribution in [0.4, 0.5) is 4.39 Å². The van der Waals surface area contributed by atoms with Crippen LogP contribution in [0.2, 0.25) is 0 Å². The molecule has 4 heteroatoms. The molecule has 1 fully saturated rings. The number of primary amides is 1. The first-order valence-electron chi connectivity index (χ1n) is 6.91. The van der Waals surface area contributed by atoms with E-state index in [4.69, 9.17) is 5.73 Å². The van der Waals surface area contributed by atoms with E-state index in [-0.39, 0.29) is 6.42 Å². The average Bonchev–Trinajstić information content (AvgIpc) is 2.95. The predicted octanol–water partition coefficient (Wildman–Crippen LogP) is 1.57. The highest BCUT2D eigenvalue weighted by molar-refractivity contribution is 5.80. The fraction of sp³-hybridized carbons (Fsp3) is 0.533. The van der Waals surface area contributed by atoms with Gasteiger partial charge < -0.3 is 5.73 Å². The van der Waals surface area contributed by atoms with Gasteiger partial charge in [-0.05, 0) is 36.0 Å². The van der Waals surface area contributed by atoms with E-state index in [1.165, 1.54) is 17.5 Å². The smallest absolute Gasteiger partial charge is 0.234 e. The molecule has 1 aromatic carbocycles. The van der Waals surface area contributed by atoms with Gasteiger partial charge in [0.1, 0.15) is 6.17 Å². The Labute approximate surface area is 112 Å². The SMILES string of the molecule is NC(=O)[C@@H]1C[C@@H](F)CN1Cc1ccc2c(c1)CCC2. The lowest BCUT2D eigenvalue weighted by Crippen LogP contribution is -2.39. The molecule has 2 aliphatic rings. The van der Waals surface area contributed by atoms with Gasteiger partial charge >= 0.3 is 0 Å². The Kier molecular flexibility index (Phi) is 3.27. The highest BCUT2D eigenvalue weighted by Gasteiger charge is 2.35. The molecule has 0 aromatic heterocycles. The van der Waals surface area contributed by atoms with Crippen molar-refractivity contribution in [2.75, 3.05) is 6.54 Å². The van der Waals surface area contributed by atoms with Crippen LogP contribution in [-0.4, -0.2) is 29.6 Å². The number of hydrogen-bond acceptors (Lipinski definition) is 2. The molecule has 3 nitrogen and oxygen atoms in total. The highest BCUT2D eigenvalue weighted by atomic mass is 19.1. The topological polar surface area (TPSA) is 46.3 Å². The standard InChI is InChI=1S/C15H19FN2O/c16-13-7-14(15(17)19)18(9-13)8-10-4-5-11-2-1-3-12(11)6-10/h4-6,13-14H,1-3,7-9H2,(H2,17,19)/t13-,14+/m1/s1. The second-order valence-corrected chi connectivity index (χ2v) is 5.64. The molecule has 2 N–H and O–H groups in total. The monoisotopic (exact) mass is 262 g/mol. The largest absolute Gasteiger partial charge is 0.368 e. The number of halogens is 1. The van der Waals surface area contributed by atoms with Crippen molar-refractivity contribution in [3.05, 3.63) is 34.9 Å². The second-order valence-electron chi connectivity index (χ2n) is 5.64. The van der Waals surface area contributed by atoms with E-state index in [0.717, 1.165) is 18.4 Å². The minimum atomic E-state index is -0.938. The van der Waals surface area contributed by atoms with Gasteiger partial charge in [0.05, 0.1) is 6.04 Å². The van der Waals surface area contributed by atoms with E-state index in [1.54, 1.807) is 0 Å². The summed E-state index contributed by atoms with van der Waals surface area (Å²) in [7, 11) is 0. The number of nitrogens with two attached hydrogens (primary N) is 1. The molecule has 0 saturated carbocycles. The quantitative estimate of drug-likeness (QED) is 0.899. The molecular weight excluding hydrogens is 243 g/mol. The van der Waals surface area contributed by atoms with E-state index in [1.807, 2.05) is 4.90 Å². The Bertz CT molecular complexity index is 503. The van der Waals surface area contributed by atoms with Gasteiger partial charge in [-0.3, -0.25) is 9.69 Å².